The van der Waals surface area contributed by atoms with Crippen LogP contribution in [0.15, 0.2) is 40.1 Å². The Hall–Kier alpha value is -3.05. The van der Waals surface area contributed by atoms with E-state index < -0.39 is 21.3 Å². The quantitative estimate of drug-likeness (QED) is 0.569. The van der Waals surface area contributed by atoms with E-state index in [2.05, 4.69) is 19.6 Å². The first-order valence-corrected chi connectivity index (χ1v) is 12.6. The van der Waals surface area contributed by atoms with Gasteiger partial charge in [-0.25, -0.2) is 27.9 Å². The average Bonchev–Trinajstić information content (AvgIpc) is 3.19. The van der Waals surface area contributed by atoms with E-state index in [0.29, 0.717) is 29.1 Å². The summed E-state index contributed by atoms with van der Waals surface area (Å²) in [5.41, 5.74) is 0.274. The van der Waals surface area contributed by atoms with Gasteiger partial charge >= 0.3 is 5.69 Å². The molecule has 3 aromatic rings. The van der Waals surface area contributed by atoms with E-state index in [9.17, 15) is 18.0 Å². The van der Waals surface area contributed by atoms with E-state index in [1.54, 1.807) is 0 Å². The predicted octanol–water partition coefficient (Wildman–Crippen LogP) is 1.14. The van der Waals surface area contributed by atoms with Crippen molar-refractivity contribution < 1.29 is 8.42 Å². The molecule has 0 aliphatic carbocycles. The van der Waals surface area contributed by atoms with Crippen LogP contribution < -0.4 is 20.9 Å². The first kappa shape index (κ1) is 23.1. The van der Waals surface area contributed by atoms with E-state index in [1.165, 1.54) is 23.1 Å². The first-order chi connectivity index (χ1) is 15.4. The number of sulfonamides is 1. The second-order valence-corrected chi connectivity index (χ2v) is 11.4. The smallest absolute Gasteiger partial charge is 0.334 e. The highest BCUT2D eigenvalue weighted by atomic mass is 32.2. The maximum Gasteiger partial charge on any atom is 0.334 e. The molecule has 176 valence electrons. The molecule has 11 heteroatoms. The third kappa shape index (κ3) is 5.14. The van der Waals surface area contributed by atoms with Crippen molar-refractivity contribution in [1.82, 2.24) is 24.2 Å². The minimum Gasteiger partial charge on any atom is -0.371 e. The fourth-order valence-electron chi connectivity index (χ4n) is 3.90. The average molecular weight is 473 g/mol. The summed E-state index contributed by atoms with van der Waals surface area (Å²) in [7, 11) is -3.21. The molecular formula is C22H28N6O4S. The number of aromatic nitrogens is 4. The zero-order valence-electron chi connectivity index (χ0n) is 19.1. The number of hydrogen-bond donors (Lipinski definition) is 2. The molecule has 2 aromatic heterocycles. The Morgan fingerprint density at radius 2 is 1.94 bits per heavy atom. The maximum atomic E-state index is 12.5. The molecule has 1 aliphatic rings. The molecule has 1 aliphatic heterocycles. The second-order valence-electron chi connectivity index (χ2n) is 9.52. The van der Waals surface area contributed by atoms with Gasteiger partial charge in [0, 0.05) is 48.4 Å². The third-order valence-corrected chi connectivity index (χ3v) is 6.36. The zero-order valence-corrected chi connectivity index (χ0v) is 19.9. The molecule has 1 atom stereocenters. The number of benzene rings is 1. The SMILES string of the molecule is CC(C)(C)c1nc(-n2ccc(=O)[nH]c2=O)c2ccc(N3CCC(CNS(C)(=O)=O)C3)cc2n1. The van der Waals surface area contributed by atoms with Crippen molar-refractivity contribution in [1.29, 1.82) is 0 Å². The molecule has 0 radical (unpaired) electrons. The van der Waals surface area contributed by atoms with Gasteiger partial charge in [0.15, 0.2) is 5.82 Å². The van der Waals surface area contributed by atoms with Crippen molar-refractivity contribution in [3.05, 3.63) is 57.1 Å². The van der Waals surface area contributed by atoms with Gasteiger partial charge < -0.3 is 4.90 Å². The van der Waals surface area contributed by atoms with E-state index >= 15 is 0 Å². The standard InChI is InChI=1S/C22H28N6O4S/c1-22(2,3)20-24-17-11-15(27-9-7-14(13-27)12-23-33(4,31)32)5-6-16(17)19(26-20)28-10-8-18(29)25-21(28)30/h5-6,8,10-11,14,23H,7,9,12-13H2,1-4H3,(H,25,29,30). The Labute approximate surface area is 191 Å². The number of H-pyrrole nitrogens is 1. The highest BCUT2D eigenvalue weighted by Gasteiger charge is 2.25. The summed E-state index contributed by atoms with van der Waals surface area (Å²) >= 11 is 0. The van der Waals surface area contributed by atoms with Gasteiger partial charge in [0.1, 0.15) is 5.82 Å². The van der Waals surface area contributed by atoms with Gasteiger partial charge in [0.05, 0.1) is 11.8 Å². The molecule has 1 unspecified atom stereocenters. The lowest BCUT2D eigenvalue weighted by molar-refractivity contribution is 0.545. The topological polar surface area (TPSA) is 130 Å². The molecule has 1 saturated heterocycles. The van der Waals surface area contributed by atoms with Crippen LogP contribution in [0.1, 0.15) is 33.0 Å². The van der Waals surface area contributed by atoms with E-state index in [4.69, 9.17) is 4.98 Å². The Morgan fingerprint density at radius 1 is 1.18 bits per heavy atom. The number of aromatic amines is 1. The Morgan fingerprint density at radius 3 is 2.61 bits per heavy atom. The van der Waals surface area contributed by atoms with Gasteiger partial charge in [0.25, 0.3) is 5.56 Å². The largest absolute Gasteiger partial charge is 0.371 e. The summed E-state index contributed by atoms with van der Waals surface area (Å²) < 4.78 is 26.7. The van der Waals surface area contributed by atoms with Crippen LogP contribution in [0, 0.1) is 5.92 Å². The summed E-state index contributed by atoms with van der Waals surface area (Å²) in [4.78, 5) is 38.0. The monoisotopic (exact) mass is 472 g/mol. The van der Waals surface area contributed by atoms with Crippen LogP contribution in [-0.2, 0) is 15.4 Å². The number of hydrogen-bond acceptors (Lipinski definition) is 7. The summed E-state index contributed by atoms with van der Waals surface area (Å²) in [6, 6.07) is 7.09. The van der Waals surface area contributed by atoms with E-state index in [-0.39, 0.29) is 11.3 Å². The van der Waals surface area contributed by atoms with Crippen molar-refractivity contribution >= 4 is 26.6 Å². The first-order valence-electron chi connectivity index (χ1n) is 10.7. The van der Waals surface area contributed by atoms with Crippen LogP contribution in [0.4, 0.5) is 5.69 Å². The Kier molecular flexibility index (Phi) is 5.87. The van der Waals surface area contributed by atoms with Crippen LogP contribution in [-0.4, -0.2) is 53.8 Å². The van der Waals surface area contributed by atoms with E-state index in [0.717, 1.165) is 25.2 Å². The fourth-order valence-corrected chi connectivity index (χ4v) is 4.44. The Balaban J connectivity index is 1.75. The molecule has 1 fully saturated rings. The maximum absolute atomic E-state index is 12.5. The molecule has 0 amide bonds. The third-order valence-electron chi connectivity index (χ3n) is 5.67. The molecule has 10 nitrogen and oxygen atoms in total. The second kappa shape index (κ2) is 8.38. The van der Waals surface area contributed by atoms with Crippen LogP contribution in [0.5, 0.6) is 0 Å². The molecule has 0 spiro atoms. The summed E-state index contributed by atoms with van der Waals surface area (Å²) in [5, 5.41) is 0.690. The molecule has 3 heterocycles. The predicted molar refractivity (Wildman–Crippen MR) is 128 cm³/mol. The van der Waals surface area contributed by atoms with E-state index in [1.807, 2.05) is 39.0 Å². The number of rotatable bonds is 5. The highest BCUT2D eigenvalue weighted by Crippen LogP contribution is 2.30. The van der Waals surface area contributed by atoms with Crippen molar-refractivity contribution in [2.24, 2.45) is 5.92 Å². The van der Waals surface area contributed by atoms with Crippen LogP contribution >= 0.6 is 0 Å². The number of fused-ring (bicyclic) bond motifs is 1. The van der Waals surface area contributed by atoms with Gasteiger partial charge in [-0.05, 0) is 30.5 Å². The minimum atomic E-state index is -3.21. The lowest BCUT2D eigenvalue weighted by Gasteiger charge is -2.22. The Bertz CT molecular complexity index is 1420. The minimum absolute atomic E-state index is 0.223. The molecular weight excluding hydrogens is 444 g/mol. The molecule has 0 bridgehead atoms. The fraction of sp³-hybridized carbons (Fsp3) is 0.455. The van der Waals surface area contributed by atoms with Crippen molar-refractivity contribution in [3.8, 4) is 5.82 Å². The summed E-state index contributed by atoms with van der Waals surface area (Å²) in [6.07, 6.45) is 3.47. The van der Waals surface area contributed by atoms with Crippen molar-refractivity contribution in [2.75, 3.05) is 30.8 Å². The molecule has 2 N–H and O–H groups in total. The van der Waals surface area contributed by atoms with Crippen LogP contribution in [0.2, 0.25) is 0 Å². The molecule has 4 rings (SSSR count). The van der Waals surface area contributed by atoms with Gasteiger partial charge in [-0.3, -0.25) is 14.3 Å². The van der Waals surface area contributed by atoms with Crippen LogP contribution in [0.25, 0.3) is 16.7 Å². The number of anilines is 1. The van der Waals surface area contributed by atoms with Gasteiger partial charge in [-0.15, -0.1) is 0 Å². The summed E-state index contributed by atoms with van der Waals surface area (Å²) in [6.45, 7) is 7.95. The zero-order chi connectivity index (χ0) is 24.0. The normalized spacial score (nSPS) is 17.1. The van der Waals surface area contributed by atoms with Crippen LogP contribution in [0.3, 0.4) is 0 Å². The number of nitrogens with zero attached hydrogens (tertiary/aromatic N) is 4. The lowest BCUT2D eigenvalue weighted by Crippen LogP contribution is -2.30. The molecule has 0 saturated carbocycles. The van der Waals surface area contributed by atoms with Crippen molar-refractivity contribution in [2.45, 2.75) is 32.6 Å². The lowest BCUT2D eigenvalue weighted by atomic mass is 9.95. The van der Waals surface area contributed by atoms with Gasteiger partial charge in [-0.2, -0.15) is 0 Å². The molecule has 1 aromatic carbocycles. The molecule has 33 heavy (non-hydrogen) atoms. The van der Waals surface area contributed by atoms with Gasteiger partial charge in [-0.1, -0.05) is 20.8 Å². The highest BCUT2D eigenvalue weighted by molar-refractivity contribution is 7.88. The summed E-state index contributed by atoms with van der Waals surface area (Å²) in [5.74, 6) is 1.22. The van der Waals surface area contributed by atoms with Gasteiger partial charge in [0.2, 0.25) is 10.0 Å². The van der Waals surface area contributed by atoms with Crippen molar-refractivity contribution in [3.63, 3.8) is 0 Å². The number of nitrogens with one attached hydrogen (secondary N) is 2.